The highest BCUT2D eigenvalue weighted by atomic mass is 16.5. The fourth-order valence-electron chi connectivity index (χ4n) is 1.25. The molecular formula is C14H26N2O4. The molecule has 0 radical (unpaired) electrons. The maximum absolute atomic E-state index is 12.0. The minimum Gasteiger partial charge on any atom is -0.464 e. The number of azo groups is 1. The van der Waals surface area contributed by atoms with Crippen LogP contribution in [0.1, 0.15) is 48.5 Å². The van der Waals surface area contributed by atoms with Crippen molar-refractivity contribution in [2.75, 3.05) is 13.2 Å². The van der Waals surface area contributed by atoms with Crippen LogP contribution in [0.2, 0.25) is 0 Å². The van der Waals surface area contributed by atoms with Gasteiger partial charge in [-0.15, -0.1) is 0 Å². The summed E-state index contributed by atoms with van der Waals surface area (Å²) in [5.74, 6) is -1.03. The lowest BCUT2D eigenvalue weighted by atomic mass is 9.89. The van der Waals surface area contributed by atoms with Crippen molar-refractivity contribution < 1.29 is 19.1 Å². The fourth-order valence-corrected chi connectivity index (χ4v) is 1.25. The number of hydrogen-bond donors (Lipinski definition) is 0. The Hall–Kier alpha value is -1.46. The van der Waals surface area contributed by atoms with Crippen molar-refractivity contribution in [1.82, 2.24) is 0 Å². The first-order valence-electron chi connectivity index (χ1n) is 6.90. The zero-order chi connectivity index (χ0) is 16.0. The molecule has 0 saturated carbocycles. The van der Waals surface area contributed by atoms with Gasteiger partial charge in [0.2, 0.25) is 0 Å². The predicted molar refractivity (Wildman–Crippen MR) is 75.4 cm³/mol. The van der Waals surface area contributed by atoms with Crippen LogP contribution in [-0.4, -0.2) is 36.2 Å². The standard InChI is InChI=1S/C14H26N2O4/c1-8-19-11(17)13(5,6)15-16-14(7,10(3)4)12(18)20-9-2/h10H,8-9H2,1-7H3. The van der Waals surface area contributed by atoms with E-state index in [1.54, 1.807) is 34.6 Å². The molecule has 1 unspecified atom stereocenters. The molecule has 0 bridgehead atoms. The topological polar surface area (TPSA) is 77.3 Å². The molecule has 0 N–H and O–H groups in total. The van der Waals surface area contributed by atoms with Crippen molar-refractivity contribution >= 4 is 11.9 Å². The van der Waals surface area contributed by atoms with Gasteiger partial charge in [0.25, 0.3) is 0 Å². The van der Waals surface area contributed by atoms with Gasteiger partial charge in [-0.3, -0.25) is 0 Å². The number of hydrogen-bond acceptors (Lipinski definition) is 6. The Labute approximate surface area is 120 Å². The molecule has 0 aromatic rings. The summed E-state index contributed by atoms with van der Waals surface area (Å²) in [5, 5.41) is 8.12. The lowest BCUT2D eigenvalue weighted by Gasteiger charge is -2.27. The summed E-state index contributed by atoms with van der Waals surface area (Å²) in [4.78, 5) is 23.8. The van der Waals surface area contributed by atoms with Crippen LogP contribution in [0.5, 0.6) is 0 Å². The van der Waals surface area contributed by atoms with Gasteiger partial charge in [0.05, 0.1) is 13.2 Å². The zero-order valence-electron chi connectivity index (χ0n) is 13.5. The van der Waals surface area contributed by atoms with Crippen LogP contribution >= 0.6 is 0 Å². The average molecular weight is 286 g/mol. The zero-order valence-corrected chi connectivity index (χ0v) is 13.5. The maximum atomic E-state index is 12.0. The first-order chi connectivity index (χ1) is 9.11. The molecule has 0 spiro atoms. The average Bonchev–Trinajstić information content (AvgIpc) is 2.36. The predicted octanol–water partition coefficient (Wildman–Crippen LogP) is 2.76. The van der Waals surface area contributed by atoms with E-state index < -0.39 is 23.0 Å². The largest absolute Gasteiger partial charge is 0.464 e. The Kier molecular flexibility index (Phi) is 6.82. The van der Waals surface area contributed by atoms with Crippen LogP contribution in [0, 0.1) is 5.92 Å². The molecule has 1 atom stereocenters. The Morgan fingerprint density at radius 1 is 0.950 bits per heavy atom. The third kappa shape index (κ3) is 4.58. The summed E-state index contributed by atoms with van der Waals surface area (Å²) in [7, 11) is 0. The summed E-state index contributed by atoms with van der Waals surface area (Å²) in [6.07, 6.45) is 0. The molecule has 0 aliphatic rings. The van der Waals surface area contributed by atoms with E-state index in [1.807, 2.05) is 13.8 Å². The van der Waals surface area contributed by atoms with E-state index in [1.165, 1.54) is 0 Å². The van der Waals surface area contributed by atoms with Gasteiger partial charge >= 0.3 is 11.9 Å². The molecule has 0 fully saturated rings. The highest BCUT2D eigenvalue weighted by Crippen LogP contribution is 2.26. The van der Waals surface area contributed by atoms with Crippen LogP contribution in [-0.2, 0) is 19.1 Å². The summed E-state index contributed by atoms with van der Waals surface area (Å²) in [6.45, 7) is 12.6. The van der Waals surface area contributed by atoms with Crippen molar-refractivity contribution in [3.05, 3.63) is 0 Å². The van der Waals surface area contributed by atoms with Crippen LogP contribution in [0.25, 0.3) is 0 Å². The lowest BCUT2D eigenvalue weighted by molar-refractivity contribution is -0.152. The summed E-state index contributed by atoms with van der Waals surface area (Å²) in [5.41, 5.74) is -2.24. The first kappa shape index (κ1) is 18.5. The SMILES string of the molecule is CCOC(=O)C(C)(C)N=NC(C)(C(=O)OCC)C(C)C. The van der Waals surface area contributed by atoms with Crippen molar-refractivity contribution in [1.29, 1.82) is 0 Å². The maximum Gasteiger partial charge on any atom is 0.335 e. The molecule has 0 aromatic heterocycles. The van der Waals surface area contributed by atoms with E-state index in [4.69, 9.17) is 9.47 Å². The molecule has 0 rings (SSSR count). The van der Waals surface area contributed by atoms with Crippen LogP contribution in [0.4, 0.5) is 0 Å². The van der Waals surface area contributed by atoms with Crippen LogP contribution < -0.4 is 0 Å². The first-order valence-corrected chi connectivity index (χ1v) is 6.90. The van der Waals surface area contributed by atoms with E-state index in [-0.39, 0.29) is 19.1 Å². The van der Waals surface area contributed by atoms with Gasteiger partial charge in [0.1, 0.15) is 0 Å². The number of nitrogens with zero attached hydrogens (tertiary/aromatic N) is 2. The van der Waals surface area contributed by atoms with E-state index in [0.29, 0.717) is 0 Å². The second kappa shape index (κ2) is 7.36. The second-order valence-corrected chi connectivity index (χ2v) is 5.50. The highest BCUT2D eigenvalue weighted by molar-refractivity contribution is 5.81. The van der Waals surface area contributed by atoms with Crippen molar-refractivity contribution in [2.45, 2.75) is 59.5 Å². The number of esters is 2. The summed E-state index contributed by atoms with van der Waals surface area (Å²) in [6, 6.07) is 0. The molecule has 0 heterocycles. The second-order valence-electron chi connectivity index (χ2n) is 5.50. The van der Waals surface area contributed by atoms with Crippen molar-refractivity contribution in [2.24, 2.45) is 16.1 Å². The van der Waals surface area contributed by atoms with Gasteiger partial charge in [-0.2, -0.15) is 10.2 Å². The van der Waals surface area contributed by atoms with E-state index in [0.717, 1.165) is 0 Å². The van der Waals surface area contributed by atoms with Gasteiger partial charge in [-0.05, 0) is 40.5 Å². The summed E-state index contributed by atoms with van der Waals surface area (Å²) < 4.78 is 9.96. The fraction of sp³-hybridized carbons (Fsp3) is 0.857. The van der Waals surface area contributed by atoms with Gasteiger partial charge in [0, 0.05) is 0 Å². The normalized spacial score (nSPS) is 15.2. The Bertz CT molecular complexity index is 377. The third-order valence-corrected chi connectivity index (χ3v) is 3.10. The van der Waals surface area contributed by atoms with E-state index >= 15 is 0 Å². The van der Waals surface area contributed by atoms with E-state index in [2.05, 4.69) is 10.2 Å². The molecule has 0 aliphatic heterocycles. The quantitative estimate of drug-likeness (QED) is 0.532. The van der Waals surface area contributed by atoms with Crippen LogP contribution in [0.15, 0.2) is 10.2 Å². The third-order valence-electron chi connectivity index (χ3n) is 3.10. The molecular weight excluding hydrogens is 260 g/mol. The number of carbonyl (C=O) groups excluding carboxylic acids is 2. The number of ether oxygens (including phenoxy) is 2. The van der Waals surface area contributed by atoms with Gasteiger partial charge in [0.15, 0.2) is 11.1 Å². The van der Waals surface area contributed by atoms with Gasteiger partial charge in [-0.25, -0.2) is 9.59 Å². The van der Waals surface area contributed by atoms with Gasteiger partial charge in [-0.1, -0.05) is 13.8 Å². The monoisotopic (exact) mass is 286 g/mol. The minimum absolute atomic E-state index is 0.108. The van der Waals surface area contributed by atoms with Crippen LogP contribution in [0.3, 0.4) is 0 Å². The van der Waals surface area contributed by atoms with Crippen molar-refractivity contribution in [3.63, 3.8) is 0 Å². The number of carbonyl (C=O) groups is 2. The molecule has 0 aliphatic carbocycles. The highest BCUT2D eigenvalue weighted by Gasteiger charge is 2.40. The van der Waals surface area contributed by atoms with Gasteiger partial charge < -0.3 is 9.47 Å². The smallest absolute Gasteiger partial charge is 0.335 e. The lowest BCUT2D eigenvalue weighted by Crippen LogP contribution is -2.41. The molecule has 20 heavy (non-hydrogen) atoms. The van der Waals surface area contributed by atoms with E-state index in [9.17, 15) is 9.59 Å². The summed E-state index contributed by atoms with van der Waals surface area (Å²) >= 11 is 0. The van der Waals surface area contributed by atoms with Crippen molar-refractivity contribution in [3.8, 4) is 0 Å². The molecule has 0 saturated heterocycles. The molecule has 116 valence electrons. The molecule has 6 heteroatoms. The molecule has 0 amide bonds. The Morgan fingerprint density at radius 2 is 1.40 bits per heavy atom. The molecule has 0 aromatic carbocycles. The number of rotatable bonds is 7. The molecule has 6 nitrogen and oxygen atoms in total. The Balaban J connectivity index is 5.22. The minimum atomic E-state index is -1.13. The Morgan fingerprint density at radius 3 is 1.80 bits per heavy atom.